The summed E-state index contributed by atoms with van der Waals surface area (Å²) < 4.78 is 0. The molecule has 0 amide bonds. The van der Waals surface area contributed by atoms with Crippen LogP contribution in [-0.4, -0.2) is 13.1 Å². The van der Waals surface area contributed by atoms with E-state index in [9.17, 15) is 0 Å². The van der Waals surface area contributed by atoms with Crippen molar-refractivity contribution in [3.63, 3.8) is 0 Å². The highest BCUT2D eigenvalue weighted by atomic mass is 14.9. The van der Waals surface area contributed by atoms with Gasteiger partial charge in [0.25, 0.3) is 0 Å². The second kappa shape index (κ2) is 5.85. The van der Waals surface area contributed by atoms with Gasteiger partial charge in [-0.05, 0) is 37.2 Å². The largest absolute Gasteiger partial charge is 0.323 e. The van der Waals surface area contributed by atoms with Gasteiger partial charge in [0.05, 0.1) is 0 Å². The van der Waals surface area contributed by atoms with Crippen LogP contribution >= 0.6 is 0 Å². The van der Waals surface area contributed by atoms with Crippen LogP contribution in [-0.2, 0) is 0 Å². The number of nitrogens with one attached hydrogen (secondary N) is 1. The second-order valence-corrected chi connectivity index (χ2v) is 5.86. The van der Waals surface area contributed by atoms with Crippen molar-refractivity contribution in [1.29, 1.82) is 0 Å². The first-order valence-corrected chi connectivity index (χ1v) is 7.18. The SMILES string of the molecule is CCC1(CNCC(N)c2ccc(C)cc2)CCC1. The molecule has 0 bridgehead atoms. The molecule has 1 saturated carbocycles. The highest BCUT2D eigenvalue weighted by molar-refractivity contribution is 5.24. The quantitative estimate of drug-likeness (QED) is 0.809. The Kier molecular flexibility index (Phi) is 4.41. The van der Waals surface area contributed by atoms with Crippen LogP contribution in [0.1, 0.15) is 49.8 Å². The van der Waals surface area contributed by atoms with Crippen molar-refractivity contribution in [2.24, 2.45) is 11.1 Å². The van der Waals surface area contributed by atoms with Crippen LogP contribution in [0, 0.1) is 12.3 Å². The number of rotatable bonds is 6. The average Bonchev–Trinajstić information content (AvgIpc) is 2.33. The lowest BCUT2D eigenvalue weighted by Crippen LogP contribution is -2.41. The van der Waals surface area contributed by atoms with Gasteiger partial charge in [-0.1, -0.05) is 43.2 Å². The topological polar surface area (TPSA) is 38.0 Å². The van der Waals surface area contributed by atoms with Crippen LogP contribution < -0.4 is 11.1 Å². The summed E-state index contributed by atoms with van der Waals surface area (Å²) in [6, 6.07) is 8.66. The van der Waals surface area contributed by atoms with Gasteiger partial charge in [0, 0.05) is 19.1 Å². The zero-order valence-electron chi connectivity index (χ0n) is 11.7. The highest BCUT2D eigenvalue weighted by Crippen LogP contribution is 2.43. The fraction of sp³-hybridized carbons (Fsp3) is 0.625. The molecule has 1 atom stereocenters. The summed E-state index contributed by atoms with van der Waals surface area (Å²) in [5.41, 5.74) is 9.31. The van der Waals surface area contributed by atoms with E-state index in [1.54, 1.807) is 0 Å². The molecule has 0 aromatic heterocycles. The summed E-state index contributed by atoms with van der Waals surface area (Å²) in [7, 11) is 0. The van der Waals surface area contributed by atoms with E-state index >= 15 is 0 Å². The van der Waals surface area contributed by atoms with Crippen molar-refractivity contribution in [2.45, 2.75) is 45.6 Å². The molecule has 0 aliphatic heterocycles. The molecule has 1 aromatic rings. The van der Waals surface area contributed by atoms with E-state index in [0.29, 0.717) is 5.41 Å². The number of benzene rings is 1. The van der Waals surface area contributed by atoms with Gasteiger partial charge < -0.3 is 11.1 Å². The first-order valence-electron chi connectivity index (χ1n) is 7.18. The molecule has 1 aliphatic carbocycles. The van der Waals surface area contributed by atoms with Gasteiger partial charge in [0.1, 0.15) is 0 Å². The summed E-state index contributed by atoms with van der Waals surface area (Å²) in [6.45, 7) is 6.42. The molecular weight excluding hydrogens is 220 g/mol. The van der Waals surface area contributed by atoms with Gasteiger partial charge in [0.15, 0.2) is 0 Å². The Morgan fingerprint density at radius 1 is 1.28 bits per heavy atom. The molecule has 3 N–H and O–H groups in total. The Morgan fingerprint density at radius 2 is 1.94 bits per heavy atom. The minimum Gasteiger partial charge on any atom is -0.323 e. The molecule has 1 aliphatic rings. The molecule has 2 nitrogen and oxygen atoms in total. The monoisotopic (exact) mass is 246 g/mol. The van der Waals surface area contributed by atoms with Gasteiger partial charge in [-0.2, -0.15) is 0 Å². The van der Waals surface area contributed by atoms with E-state index in [2.05, 4.69) is 43.4 Å². The molecule has 0 saturated heterocycles. The summed E-state index contributed by atoms with van der Waals surface area (Å²) in [5, 5.41) is 3.57. The van der Waals surface area contributed by atoms with Crippen LogP contribution in [0.25, 0.3) is 0 Å². The Hall–Kier alpha value is -0.860. The summed E-state index contributed by atoms with van der Waals surface area (Å²) in [4.78, 5) is 0. The van der Waals surface area contributed by atoms with Crippen LogP contribution in [0.2, 0.25) is 0 Å². The normalized spacial score (nSPS) is 19.3. The Labute approximate surface area is 111 Å². The van der Waals surface area contributed by atoms with E-state index in [0.717, 1.165) is 13.1 Å². The van der Waals surface area contributed by atoms with Gasteiger partial charge in [-0.15, -0.1) is 0 Å². The van der Waals surface area contributed by atoms with Crippen LogP contribution in [0.3, 0.4) is 0 Å². The van der Waals surface area contributed by atoms with Gasteiger partial charge >= 0.3 is 0 Å². The predicted molar refractivity (Wildman–Crippen MR) is 77.6 cm³/mol. The van der Waals surface area contributed by atoms with Crippen molar-refractivity contribution in [2.75, 3.05) is 13.1 Å². The van der Waals surface area contributed by atoms with E-state index in [1.165, 1.54) is 36.8 Å². The standard InChI is InChI=1S/C16H26N2/c1-3-16(9-4-10-16)12-18-11-15(17)14-7-5-13(2)6-8-14/h5-8,15,18H,3-4,9-12,17H2,1-2H3. The third-order valence-electron chi connectivity index (χ3n) is 4.53. The minimum absolute atomic E-state index is 0.111. The number of aryl methyl sites for hydroxylation is 1. The van der Waals surface area contributed by atoms with Gasteiger partial charge in [-0.25, -0.2) is 0 Å². The lowest BCUT2D eigenvalue weighted by molar-refractivity contribution is 0.124. The Morgan fingerprint density at radius 3 is 2.44 bits per heavy atom. The second-order valence-electron chi connectivity index (χ2n) is 5.86. The molecular formula is C16H26N2. The molecule has 0 heterocycles. The van der Waals surface area contributed by atoms with Crippen molar-refractivity contribution >= 4 is 0 Å². The average molecular weight is 246 g/mol. The van der Waals surface area contributed by atoms with Crippen LogP contribution in [0.5, 0.6) is 0 Å². The summed E-state index contributed by atoms with van der Waals surface area (Å²) >= 11 is 0. The maximum absolute atomic E-state index is 6.21. The van der Waals surface area contributed by atoms with E-state index in [1.807, 2.05) is 0 Å². The molecule has 0 radical (unpaired) electrons. The maximum atomic E-state index is 6.21. The molecule has 1 unspecified atom stereocenters. The first kappa shape index (κ1) is 13.6. The maximum Gasteiger partial charge on any atom is 0.0421 e. The summed E-state index contributed by atoms with van der Waals surface area (Å²) in [5.74, 6) is 0. The molecule has 1 fully saturated rings. The van der Waals surface area contributed by atoms with Crippen molar-refractivity contribution < 1.29 is 0 Å². The molecule has 2 heteroatoms. The van der Waals surface area contributed by atoms with E-state index < -0.39 is 0 Å². The molecule has 18 heavy (non-hydrogen) atoms. The van der Waals surface area contributed by atoms with Crippen molar-refractivity contribution in [3.05, 3.63) is 35.4 Å². The number of hydrogen-bond donors (Lipinski definition) is 2. The fourth-order valence-electron chi connectivity index (χ4n) is 2.76. The zero-order chi connectivity index (χ0) is 13.0. The zero-order valence-corrected chi connectivity index (χ0v) is 11.7. The third kappa shape index (κ3) is 3.12. The third-order valence-corrected chi connectivity index (χ3v) is 4.53. The lowest BCUT2D eigenvalue weighted by Gasteiger charge is -2.41. The smallest absolute Gasteiger partial charge is 0.0421 e. The summed E-state index contributed by atoms with van der Waals surface area (Å²) in [6.07, 6.45) is 5.46. The Bertz CT molecular complexity index is 360. The number of nitrogens with two attached hydrogens (primary N) is 1. The molecule has 100 valence electrons. The minimum atomic E-state index is 0.111. The van der Waals surface area contributed by atoms with Crippen LogP contribution in [0.15, 0.2) is 24.3 Å². The van der Waals surface area contributed by atoms with Crippen LogP contribution in [0.4, 0.5) is 0 Å². The van der Waals surface area contributed by atoms with Gasteiger partial charge in [-0.3, -0.25) is 0 Å². The van der Waals surface area contributed by atoms with Crippen molar-refractivity contribution in [1.82, 2.24) is 5.32 Å². The fourth-order valence-corrected chi connectivity index (χ4v) is 2.76. The van der Waals surface area contributed by atoms with Gasteiger partial charge in [0.2, 0.25) is 0 Å². The first-order chi connectivity index (χ1) is 8.65. The van der Waals surface area contributed by atoms with E-state index in [-0.39, 0.29) is 6.04 Å². The molecule has 1 aromatic carbocycles. The highest BCUT2D eigenvalue weighted by Gasteiger charge is 2.34. The molecule has 2 rings (SSSR count). The number of hydrogen-bond acceptors (Lipinski definition) is 2. The lowest BCUT2D eigenvalue weighted by atomic mass is 9.67. The molecule has 0 spiro atoms. The van der Waals surface area contributed by atoms with Crippen molar-refractivity contribution in [3.8, 4) is 0 Å². The predicted octanol–water partition coefficient (Wildman–Crippen LogP) is 3.16. The van der Waals surface area contributed by atoms with E-state index in [4.69, 9.17) is 5.73 Å². The Balaban J connectivity index is 1.78.